The van der Waals surface area contributed by atoms with Crippen LogP contribution in [0.2, 0.25) is 0 Å². The Labute approximate surface area is 128 Å². The zero-order chi connectivity index (χ0) is 14.1. The third-order valence-corrected chi connectivity index (χ3v) is 3.80. The van der Waals surface area contributed by atoms with E-state index in [-0.39, 0.29) is 35.5 Å². The van der Waals surface area contributed by atoms with Gasteiger partial charge in [-0.1, -0.05) is 18.2 Å². The van der Waals surface area contributed by atoms with Crippen molar-refractivity contribution in [2.45, 2.75) is 19.4 Å². The smallest absolute Gasteiger partial charge is 0.261 e. The number of aromatic amines is 1. The molecule has 112 valence electrons. The molecule has 1 amide bonds. The van der Waals surface area contributed by atoms with Crippen LogP contribution >= 0.6 is 12.4 Å². The Morgan fingerprint density at radius 2 is 2.10 bits per heavy atom. The van der Waals surface area contributed by atoms with Gasteiger partial charge in [-0.2, -0.15) is 0 Å². The number of aryl methyl sites for hydroxylation is 1. The number of aromatic nitrogens is 1. The number of pyridine rings is 1. The van der Waals surface area contributed by atoms with Crippen molar-refractivity contribution in [2.24, 2.45) is 0 Å². The first-order valence-electron chi connectivity index (χ1n) is 6.80. The molecular formula is C15H18ClN3O2. The number of hydrogen-bond acceptors (Lipinski definition) is 3. The van der Waals surface area contributed by atoms with Crippen molar-refractivity contribution >= 4 is 29.2 Å². The van der Waals surface area contributed by atoms with Crippen LogP contribution in [0.4, 0.5) is 0 Å². The Bertz CT molecular complexity index is 720. The Hall–Kier alpha value is -1.85. The molecule has 1 aliphatic rings. The lowest BCUT2D eigenvalue weighted by Crippen LogP contribution is -2.39. The molecule has 3 rings (SSSR count). The van der Waals surface area contributed by atoms with E-state index < -0.39 is 0 Å². The highest BCUT2D eigenvalue weighted by molar-refractivity contribution is 6.00. The predicted molar refractivity (Wildman–Crippen MR) is 85.3 cm³/mol. The number of carbonyl (C=O) groups is 1. The van der Waals surface area contributed by atoms with Crippen LogP contribution in [0, 0.1) is 6.92 Å². The molecule has 0 bridgehead atoms. The normalized spacial score (nSPS) is 17.5. The Morgan fingerprint density at radius 1 is 1.33 bits per heavy atom. The molecule has 0 aliphatic carbocycles. The average molecular weight is 308 g/mol. The van der Waals surface area contributed by atoms with Gasteiger partial charge in [0.2, 0.25) is 0 Å². The highest BCUT2D eigenvalue weighted by Crippen LogP contribution is 2.17. The molecule has 21 heavy (non-hydrogen) atoms. The Kier molecular flexibility index (Phi) is 4.65. The first-order valence-corrected chi connectivity index (χ1v) is 6.80. The van der Waals surface area contributed by atoms with Gasteiger partial charge in [0.05, 0.1) is 0 Å². The summed E-state index contributed by atoms with van der Waals surface area (Å²) in [7, 11) is 0. The number of benzene rings is 1. The van der Waals surface area contributed by atoms with Crippen molar-refractivity contribution < 1.29 is 4.79 Å². The monoisotopic (exact) mass is 307 g/mol. The first kappa shape index (κ1) is 15.5. The lowest BCUT2D eigenvalue weighted by Gasteiger charge is -2.13. The Balaban J connectivity index is 0.00000161. The molecule has 2 heterocycles. The second kappa shape index (κ2) is 6.28. The third-order valence-electron chi connectivity index (χ3n) is 3.80. The molecule has 1 unspecified atom stereocenters. The number of carbonyl (C=O) groups excluding carboxylic acids is 1. The highest BCUT2D eigenvalue weighted by Gasteiger charge is 2.21. The Morgan fingerprint density at radius 3 is 2.81 bits per heavy atom. The summed E-state index contributed by atoms with van der Waals surface area (Å²) in [6.07, 6.45) is 0.899. The quantitative estimate of drug-likeness (QED) is 0.784. The predicted octanol–water partition coefficient (Wildman–Crippen LogP) is 1.35. The van der Waals surface area contributed by atoms with E-state index >= 15 is 0 Å². The van der Waals surface area contributed by atoms with Crippen LogP contribution in [-0.4, -0.2) is 30.0 Å². The number of amides is 1. The van der Waals surface area contributed by atoms with Gasteiger partial charge >= 0.3 is 0 Å². The molecule has 1 aromatic carbocycles. The van der Waals surface area contributed by atoms with Gasteiger partial charge < -0.3 is 15.6 Å². The molecule has 1 saturated heterocycles. The summed E-state index contributed by atoms with van der Waals surface area (Å²) < 4.78 is 0. The van der Waals surface area contributed by atoms with Crippen molar-refractivity contribution in [3.63, 3.8) is 0 Å². The van der Waals surface area contributed by atoms with E-state index in [4.69, 9.17) is 0 Å². The number of H-pyrrole nitrogens is 1. The molecule has 0 radical (unpaired) electrons. The van der Waals surface area contributed by atoms with Crippen molar-refractivity contribution in [1.29, 1.82) is 0 Å². The van der Waals surface area contributed by atoms with Gasteiger partial charge in [0, 0.05) is 23.5 Å². The van der Waals surface area contributed by atoms with Crippen molar-refractivity contribution in [3.8, 4) is 0 Å². The summed E-state index contributed by atoms with van der Waals surface area (Å²) in [6.45, 7) is 3.48. The van der Waals surface area contributed by atoms with Crippen molar-refractivity contribution in [1.82, 2.24) is 15.6 Å². The van der Waals surface area contributed by atoms with Crippen LogP contribution in [0.1, 0.15) is 22.3 Å². The summed E-state index contributed by atoms with van der Waals surface area (Å²) in [4.78, 5) is 27.2. The standard InChI is InChI=1S/C15H17N3O2.ClH/c1-9-11-4-2-3-5-12(11)18-15(20)13(9)14(19)17-10-6-7-16-8-10;/h2-5,10,16H,6-8H2,1H3,(H,17,19)(H,18,20);1H. The largest absolute Gasteiger partial charge is 0.348 e. The molecule has 2 aromatic rings. The zero-order valence-electron chi connectivity index (χ0n) is 11.7. The SMILES string of the molecule is Cc1c(C(=O)NC2CCNC2)c(=O)[nH]c2ccccc12.Cl. The molecule has 0 saturated carbocycles. The molecule has 5 nitrogen and oxygen atoms in total. The van der Waals surface area contributed by atoms with Gasteiger partial charge in [-0.15, -0.1) is 12.4 Å². The van der Waals surface area contributed by atoms with Crippen LogP contribution in [0.25, 0.3) is 10.9 Å². The van der Waals surface area contributed by atoms with Crippen molar-refractivity contribution in [2.75, 3.05) is 13.1 Å². The van der Waals surface area contributed by atoms with Gasteiger partial charge in [-0.25, -0.2) is 0 Å². The van der Waals surface area contributed by atoms with Crippen LogP contribution < -0.4 is 16.2 Å². The minimum absolute atomic E-state index is 0. The molecule has 3 N–H and O–H groups in total. The van der Waals surface area contributed by atoms with E-state index in [1.807, 2.05) is 31.2 Å². The summed E-state index contributed by atoms with van der Waals surface area (Å²) in [5.74, 6) is -0.289. The maximum atomic E-state index is 12.3. The fraction of sp³-hybridized carbons (Fsp3) is 0.333. The molecule has 0 spiro atoms. The number of nitrogens with one attached hydrogen (secondary N) is 3. The summed E-state index contributed by atoms with van der Waals surface area (Å²) in [5, 5.41) is 7.01. The third kappa shape index (κ3) is 2.94. The lowest BCUT2D eigenvalue weighted by atomic mass is 10.0. The van der Waals surface area contributed by atoms with E-state index in [9.17, 15) is 9.59 Å². The maximum absolute atomic E-state index is 12.3. The molecule has 1 aromatic heterocycles. The number of para-hydroxylation sites is 1. The maximum Gasteiger partial charge on any atom is 0.261 e. The number of rotatable bonds is 2. The first-order chi connectivity index (χ1) is 9.66. The fourth-order valence-corrected chi connectivity index (χ4v) is 2.72. The summed E-state index contributed by atoms with van der Waals surface area (Å²) >= 11 is 0. The van der Waals surface area contributed by atoms with Gasteiger partial charge in [-0.05, 0) is 31.5 Å². The van der Waals surface area contributed by atoms with Crippen molar-refractivity contribution in [3.05, 3.63) is 45.7 Å². The minimum atomic E-state index is -0.329. The number of fused-ring (bicyclic) bond motifs is 1. The second-order valence-corrected chi connectivity index (χ2v) is 5.16. The minimum Gasteiger partial charge on any atom is -0.348 e. The van der Waals surface area contributed by atoms with E-state index in [1.165, 1.54) is 0 Å². The van der Waals surface area contributed by atoms with Crippen LogP contribution in [-0.2, 0) is 0 Å². The fourth-order valence-electron chi connectivity index (χ4n) is 2.72. The summed E-state index contributed by atoms with van der Waals surface area (Å²) in [6, 6.07) is 7.62. The van der Waals surface area contributed by atoms with E-state index in [0.717, 1.165) is 36.0 Å². The lowest BCUT2D eigenvalue weighted by molar-refractivity contribution is 0.0938. The molecular weight excluding hydrogens is 290 g/mol. The van der Waals surface area contributed by atoms with Gasteiger partial charge in [-0.3, -0.25) is 9.59 Å². The average Bonchev–Trinajstić information content (AvgIpc) is 2.91. The molecule has 6 heteroatoms. The van der Waals surface area contributed by atoms with Crippen LogP contribution in [0.15, 0.2) is 29.1 Å². The van der Waals surface area contributed by atoms with Gasteiger partial charge in [0.25, 0.3) is 11.5 Å². The topological polar surface area (TPSA) is 74.0 Å². The highest BCUT2D eigenvalue weighted by atomic mass is 35.5. The van der Waals surface area contributed by atoms with E-state index in [1.54, 1.807) is 0 Å². The van der Waals surface area contributed by atoms with Gasteiger partial charge in [0.1, 0.15) is 5.56 Å². The van der Waals surface area contributed by atoms with Gasteiger partial charge in [0.15, 0.2) is 0 Å². The number of halogens is 1. The zero-order valence-corrected chi connectivity index (χ0v) is 12.5. The molecule has 1 fully saturated rings. The molecule has 1 atom stereocenters. The van der Waals surface area contributed by atoms with E-state index in [0.29, 0.717) is 0 Å². The van der Waals surface area contributed by atoms with E-state index in [2.05, 4.69) is 15.6 Å². The van der Waals surface area contributed by atoms with Crippen LogP contribution in [0.3, 0.4) is 0 Å². The number of hydrogen-bond donors (Lipinski definition) is 3. The van der Waals surface area contributed by atoms with Crippen LogP contribution in [0.5, 0.6) is 0 Å². The second-order valence-electron chi connectivity index (χ2n) is 5.16. The summed E-state index contributed by atoms with van der Waals surface area (Å²) in [5.41, 5.74) is 1.38. The molecule has 1 aliphatic heterocycles.